The van der Waals surface area contributed by atoms with Crippen LogP contribution in [0.2, 0.25) is 0 Å². The van der Waals surface area contributed by atoms with Crippen LogP contribution in [0.4, 0.5) is 0 Å². The van der Waals surface area contributed by atoms with Crippen LogP contribution in [0.5, 0.6) is 11.5 Å². The van der Waals surface area contributed by atoms with Crippen molar-refractivity contribution in [1.29, 1.82) is 0 Å². The summed E-state index contributed by atoms with van der Waals surface area (Å²) in [5.74, 6) is 2.25. The molecule has 1 fully saturated rings. The third kappa shape index (κ3) is 2.23. The molecule has 82 valence electrons. The minimum Gasteiger partial charge on any atom is -0.497 e. The summed E-state index contributed by atoms with van der Waals surface area (Å²) in [6.45, 7) is 0. The highest BCUT2D eigenvalue weighted by Crippen LogP contribution is 2.41. The van der Waals surface area contributed by atoms with Crippen molar-refractivity contribution in [1.82, 2.24) is 0 Å². The van der Waals surface area contributed by atoms with E-state index in [2.05, 4.69) is 0 Å². The number of hydrogen-bond donors (Lipinski definition) is 1. The molecule has 0 bridgehead atoms. The highest BCUT2D eigenvalue weighted by molar-refractivity contribution is 5.40. The molecule has 2 N–H and O–H groups in total. The van der Waals surface area contributed by atoms with E-state index in [0.717, 1.165) is 17.1 Å². The van der Waals surface area contributed by atoms with Gasteiger partial charge in [0.25, 0.3) is 0 Å². The minimum absolute atomic E-state index is 0.119. The number of benzene rings is 1. The molecule has 0 aliphatic heterocycles. The first-order valence-corrected chi connectivity index (χ1v) is 5.23. The Morgan fingerprint density at radius 2 is 1.67 bits per heavy atom. The lowest BCUT2D eigenvalue weighted by Crippen LogP contribution is -2.12. The van der Waals surface area contributed by atoms with Crippen LogP contribution in [0.25, 0.3) is 0 Å². The molecule has 1 aromatic rings. The summed E-state index contributed by atoms with van der Waals surface area (Å²) in [7, 11) is 3.31. The van der Waals surface area contributed by atoms with Gasteiger partial charge in [-0.2, -0.15) is 0 Å². The number of methoxy groups -OCH3 is 2. The largest absolute Gasteiger partial charge is 0.497 e. The molecule has 0 spiro atoms. The maximum absolute atomic E-state index is 6.14. The van der Waals surface area contributed by atoms with Crippen LogP contribution in [0.15, 0.2) is 18.2 Å². The lowest BCUT2D eigenvalue weighted by atomic mass is 10.0. The second kappa shape index (κ2) is 4.11. The van der Waals surface area contributed by atoms with E-state index in [1.165, 1.54) is 12.8 Å². The van der Waals surface area contributed by atoms with Crippen molar-refractivity contribution in [2.45, 2.75) is 18.9 Å². The van der Waals surface area contributed by atoms with Gasteiger partial charge in [-0.25, -0.2) is 0 Å². The first kappa shape index (κ1) is 10.3. The number of ether oxygens (including phenoxy) is 2. The molecule has 1 aromatic carbocycles. The predicted octanol–water partition coefficient (Wildman–Crippen LogP) is 2.11. The van der Waals surface area contributed by atoms with Gasteiger partial charge in [-0.05, 0) is 36.5 Å². The van der Waals surface area contributed by atoms with Crippen molar-refractivity contribution in [3.8, 4) is 11.5 Å². The normalized spacial score (nSPS) is 17.3. The zero-order valence-electron chi connectivity index (χ0n) is 9.19. The quantitative estimate of drug-likeness (QED) is 0.822. The Bertz CT molecular complexity index is 325. The first-order chi connectivity index (χ1) is 7.24. The molecule has 0 saturated heterocycles. The van der Waals surface area contributed by atoms with Crippen LogP contribution in [0.1, 0.15) is 24.4 Å². The Labute approximate surface area is 90.2 Å². The Hall–Kier alpha value is -1.22. The van der Waals surface area contributed by atoms with Gasteiger partial charge in [0, 0.05) is 12.1 Å². The zero-order chi connectivity index (χ0) is 10.8. The number of hydrogen-bond acceptors (Lipinski definition) is 3. The Morgan fingerprint density at radius 3 is 2.07 bits per heavy atom. The summed E-state index contributed by atoms with van der Waals surface area (Å²) >= 11 is 0. The van der Waals surface area contributed by atoms with Gasteiger partial charge in [-0.1, -0.05) is 0 Å². The third-order valence-electron chi connectivity index (χ3n) is 2.89. The fourth-order valence-corrected chi connectivity index (χ4v) is 1.75. The zero-order valence-corrected chi connectivity index (χ0v) is 9.19. The molecule has 1 aliphatic rings. The summed E-state index contributed by atoms with van der Waals surface area (Å²) in [6.07, 6.45) is 2.47. The van der Waals surface area contributed by atoms with Crippen molar-refractivity contribution < 1.29 is 9.47 Å². The van der Waals surface area contributed by atoms with Crippen LogP contribution < -0.4 is 15.2 Å². The number of nitrogens with two attached hydrogens (primary N) is 1. The predicted molar refractivity (Wildman–Crippen MR) is 59.2 cm³/mol. The highest BCUT2D eigenvalue weighted by atomic mass is 16.5. The Morgan fingerprint density at radius 1 is 1.13 bits per heavy atom. The van der Waals surface area contributed by atoms with Gasteiger partial charge in [0.2, 0.25) is 0 Å². The monoisotopic (exact) mass is 207 g/mol. The molecule has 3 nitrogen and oxygen atoms in total. The summed E-state index contributed by atoms with van der Waals surface area (Å²) in [5, 5.41) is 0. The van der Waals surface area contributed by atoms with Gasteiger partial charge < -0.3 is 15.2 Å². The van der Waals surface area contributed by atoms with Crippen LogP contribution in [-0.2, 0) is 0 Å². The van der Waals surface area contributed by atoms with Crippen molar-refractivity contribution in [2.75, 3.05) is 14.2 Å². The first-order valence-electron chi connectivity index (χ1n) is 5.23. The van der Waals surface area contributed by atoms with Crippen LogP contribution in [0.3, 0.4) is 0 Å². The molecular formula is C12H17NO2. The molecule has 3 heteroatoms. The second-order valence-electron chi connectivity index (χ2n) is 4.01. The molecule has 0 aromatic heterocycles. The van der Waals surface area contributed by atoms with Gasteiger partial charge in [-0.15, -0.1) is 0 Å². The smallest absolute Gasteiger partial charge is 0.122 e. The van der Waals surface area contributed by atoms with E-state index in [1.807, 2.05) is 18.2 Å². The molecule has 1 aliphatic carbocycles. The lowest BCUT2D eigenvalue weighted by molar-refractivity contribution is 0.392. The van der Waals surface area contributed by atoms with E-state index in [1.54, 1.807) is 14.2 Å². The molecule has 1 atom stereocenters. The van der Waals surface area contributed by atoms with E-state index >= 15 is 0 Å². The van der Waals surface area contributed by atoms with E-state index in [4.69, 9.17) is 15.2 Å². The fourth-order valence-electron chi connectivity index (χ4n) is 1.75. The standard InChI is InChI=1S/C12H17NO2/c1-14-10-5-9(6-11(7-10)15-2)12(13)8-3-4-8/h5-8,12H,3-4,13H2,1-2H3/t12-/m0/s1. The van der Waals surface area contributed by atoms with Gasteiger partial charge in [-0.3, -0.25) is 0 Å². The van der Waals surface area contributed by atoms with E-state index in [-0.39, 0.29) is 6.04 Å². The van der Waals surface area contributed by atoms with Crippen LogP contribution in [-0.4, -0.2) is 14.2 Å². The van der Waals surface area contributed by atoms with Crippen molar-refractivity contribution in [3.05, 3.63) is 23.8 Å². The summed E-state index contributed by atoms with van der Waals surface area (Å²) < 4.78 is 10.4. The Kier molecular flexibility index (Phi) is 2.82. The van der Waals surface area contributed by atoms with Gasteiger partial charge in [0.05, 0.1) is 14.2 Å². The molecule has 2 rings (SSSR count). The van der Waals surface area contributed by atoms with Crippen molar-refractivity contribution >= 4 is 0 Å². The van der Waals surface area contributed by atoms with E-state index < -0.39 is 0 Å². The molecule has 0 heterocycles. The maximum Gasteiger partial charge on any atom is 0.122 e. The summed E-state index contributed by atoms with van der Waals surface area (Å²) in [5.41, 5.74) is 7.24. The summed E-state index contributed by atoms with van der Waals surface area (Å²) in [4.78, 5) is 0. The van der Waals surface area contributed by atoms with Crippen molar-refractivity contribution in [2.24, 2.45) is 11.7 Å². The SMILES string of the molecule is COc1cc(OC)cc([C@@H](N)C2CC2)c1. The molecule has 0 unspecified atom stereocenters. The number of rotatable bonds is 4. The summed E-state index contributed by atoms with van der Waals surface area (Å²) in [6, 6.07) is 5.97. The molecule has 15 heavy (non-hydrogen) atoms. The molecular weight excluding hydrogens is 190 g/mol. The van der Waals surface area contributed by atoms with Crippen LogP contribution in [0, 0.1) is 5.92 Å². The molecule has 0 radical (unpaired) electrons. The fraction of sp³-hybridized carbons (Fsp3) is 0.500. The van der Waals surface area contributed by atoms with Gasteiger partial charge in [0.15, 0.2) is 0 Å². The minimum atomic E-state index is 0.119. The molecule has 1 saturated carbocycles. The maximum atomic E-state index is 6.14. The van der Waals surface area contributed by atoms with Crippen molar-refractivity contribution in [3.63, 3.8) is 0 Å². The highest BCUT2D eigenvalue weighted by Gasteiger charge is 2.29. The van der Waals surface area contributed by atoms with Crippen LogP contribution >= 0.6 is 0 Å². The third-order valence-corrected chi connectivity index (χ3v) is 2.89. The topological polar surface area (TPSA) is 44.5 Å². The molecule has 0 amide bonds. The Balaban J connectivity index is 2.28. The second-order valence-corrected chi connectivity index (χ2v) is 4.01. The van der Waals surface area contributed by atoms with E-state index in [9.17, 15) is 0 Å². The average molecular weight is 207 g/mol. The average Bonchev–Trinajstić information content (AvgIpc) is 3.11. The van der Waals surface area contributed by atoms with E-state index in [0.29, 0.717) is 5.92 Å². The lowest BCUT2D eigenvalue weighted by Gasteiger charge is -2.13. The van der Waals surface area contributed by atoms with Gasteiger partial charge in [0.1, 0.15) is 11.5 Å². The van der Waals surface area contributed by atoms with Gasteiger partial charge >= 0.3 is 0 Å².